The quantitative estimate of drug-likeness (QED) is 0.915. The molecule has 21 heavy (non-hydrogen) atoms. The molecule has 1 unspecified atom stereocenters. The van der Waals surface area contributed by atoms with Gasteiger partial charge >= 0.3 is 0 Å². The largest absolute Gasteiger partial charge is 0.316 e. The first-order chi connectivity index (χ1) is 10.2. The van der Waals surface area contributed by atoms with Crippen molar-refractivity contribution in [2.75, 3.05) is 13.1 Å². The molecule has 2 heterocycles. The zero-order valence-corrected chi connectivity index (χ0v) is 13.1. The molecule has 0 spiro atoms. The maximum Gasteiger partial charge on any atom is 0.159 e. The number of hydrogen-bond donors (Lipinski definition) is 1. The second-order valence-electron chi connectivity index (χ2n) is 5.99. The van der Waals surface area contributed by atoms with Crippen molar-refractivity contribution in [3.8, 4) is 11.4 Å². The fraction of sp³-hybridized carbons (Fsp3) is 0.444. The number of rotatable bonds is 2. The average Bonchev–Trinajstić information content (AvgIpc) is 2.48. The Morgan fingerprint density at radius 1 is 1.05 bits per heavy atom. The molecule has 3 rings (SSSR count). The fourth-order valence-electron chi connectivity index (χ4n) is 3.36. The number of benzene rings is 1. The highest BCUT2D eigenvalue weighted by molar-refractivity contribution is 5.60. The van der Waals surface area contributed by atoms with Gasteiger partial charge in [-0.2, -0.15) is 0 Å². The summed E-state index contributed by atoms with van der Waals surface area (Å²) in [4.78, 5) is 9.60. The van der Waals surface area contributed by atoms with E-state index in [4.69, 9.17) is 9.97 Å². The molecule has 3 nitrogen and oxygen atoms in total. The average molecular weight is 281 g/mol. The molecule has 0 aliphatic carbocycles. The van der Waals surface area contributed by atoms with Crippen molar-refractivity contribution >= 4 is 0 Å². The molecule has 3 heteroatoms. The lowest BCUT2D eigenvalue weighted by molar-refractivity contribution is 0.457. The number of aryl methyl sites for hydroxylation is 3. The van der Waals surface area contributed by atoms with Crippen molar-refractivity contribution in [1.82, 2.24) is 15.3 Å². The predicted octanol–water partition coefficient (Wildman–Crippen LogP) is 3.54. The van der Waals surface area contributed by atoms with Gasteiger partial charge in [-0.1, -0.05) is 24.3 Å². The maximum absolute atomic E-state index is 4.80. The molecular weight excluding hydrogens is 258 g/mol. The van der Waals surface area contributed by atoms with Crippen LogP contribution in [-0.4, -0.2) is 23.1 Å². The third kappa shape index (κ3) is 2.84. The Balaban J connectivity index is 2.02. The summed E-state index contributed by atoms with van der Waals surface area (Å²) >= 11 is 0. The normalized spacial score (nSPS) is 18.7. The molecule has 1 aromatic heterocycles. The van der Waals surface area contributed by atoms with Gasteiger partial charge in [-0.15, -0.1) is 0 Å². The smallest absolute Gasteiger partial charge is 0.159 e. The molecule has 1 aliphatic rings. The highest BCUT2D eigenvalue weighted by Gasteiger charge is 2.21. The summed E-state index contributed by atoms with van der Waals surface area (Å²) in [6, 6.07) is 8.32. The van der Waals surface area contributed by atoms with E-state index >= 15 is 0 Å². The lowest BCUT2D eigenvalue weighted by Crippen LogP contribution is -2.29. The predicted molar refractivity (Wildman–Crippen MR) is 86.5 cm³/mol. The zero-order valence-electron chi connectivity index (χ0n) is 13.1. The Labute approximate surface area is 126 Å². The van der Waals surface area contributed by atoms with Crippen molar-refractivity contribution in [3.05, 3.63) is 46.8 Å². The van der Waals surface area contributed by atoms with E-state index in [-0.39, 0.29) is 0 Å². The van der Waals surface area contributed by atoms with Crippen LogP contribution >= 0.6 is 0 Å². The van der Waals surface area contributed by atoms with Crippen molar-refractivity contribution in [1.29, 1.82) is 0 Å². The molecule has 1 saturated heterocycles. The summed E-state index contributed by atoms with van der Waals surface area (Å²) in [5, 5.41) is 3.49. The molecule has 2 aromatic rings. The summed E-state index contributed by atoms with van der Waals surface area (Å²) in [6.07, 6.45) is 2.48. The summed E-state index contributed by atoms with van der Waals surface area (Å²) in [5.74, 6) is 1.42. The first-order valence-electron chi connectivity index (χ1n) is 7.78. The minimum atomic E-state index is 0.560. The second-order valence-corrected chi connectivity index (χ2v) is 5.99. The van der Waals surface area contributed by atoms with Crippen molar-refractivity contribution in [2.24, 2.45) is 0 Å². The number of piperidine rings is 1. The van der Waals surface area contributed by atoms with Crippen LogP contribution in [0.4, 0.5) is 0 Å². The zero-order chi connectivity index (χ0) is 14.8. The van der Waals surface area contributed by atoms with Gasteiger partial charge in [0.15, 0.2) is 5.82 Å². The number of nitrogens with one attached hydrogen (secondary N) is 1. The van der Waals surface area contributed by atoms with E-state index in [9.17, 15) is 0 Å². The Morgan fingerprint density at radius 3 is 2.38 bits per heavy atom. The first kappa shape index (κ1) is 14.2. The third-order valence-corrected chi connectivity index (χ3v) is 4.42. The summed E-state index contributed by atoms with van der Waals surface area (Å²) in [6.45, 7) is 8.55. The van der Waals surface area contributed by atoms with Gasteiger partial charge in [0.1, 0.15) is 0 Å². The van der Waals surface area contributed by atoms with E-state index in [1.807, 2.05) is 0 Å². The molecule has 0 amide bonds. The van der Waals surface area contributed by atoms with E-state index in [2.05, 4.69) is 50.4 Å². The summed E-state index contributed by atoms with van der Waals surface area (Å²) < 4.78 is 0. The van der Waals surface area contributed by atoms with Crippen LogP contribution in [-0.2, 0) is 0 Å². The lowest BCUT2D eigenvalue weighted by atomic mass is 9.89. The van der Waals surface area contributed by atoms with E-state index in [0.29, 0.717) is 5.92 Å². The minimum absolute atomic E-state index is 0.560. The van der Waals surface area contributed by atoms with E-state index in [0.717, 1.165) is 35.9 Å². The van der Waals surface area contributed by atoms with Crippen LogP contribution < -0.4 is 5.32 Å². The Hall–Kier alpha value is -1.74. The van der Waals surface area contributed by atoms with Crippen molar-refractivity contribution < 1.29 is 0 Å². The highest BCUT2D eigenvalue weighted by Crippen LogP contribution is 2.29. The van der Waals surface area contributed by atoms with Crippen LogP contribution in [0.15, 0.2) is 24.3 Å². The Bertz CT molecular complexity index is 620. The molecule has 1 aromatic carbocycles. The van der Waals surface area contributed by atoms with Crippen molar-refractivity contribution in [3.63, 3.8) is 0 Å². The second kappa shape index (κ2) is 5.94. The lowest BCUT2D eigenvalue weighted by Gasteiger charge is -2.25. The molecule has 1 atom stereocenters. The standard InChI is InChI=1S/C18H23N3/c1-12-7-4-5-9-16(12)18-20-13(2)17(14(3)21-18)15-8-6-10-19-11-15/h4-5,7,9,15,19H,6,8,10-11H2,1-3H3. The van der Waals surface area contributed by atoms with Gasteiger partial charge in [0.25, 0.3) is 0 Å². The molecule has 0 saturated carbocycles. The topological polar surface area (TPSA) is 37.8 Å². The van der Waals surface area contributed by atoms with Crippen LogP contribution in [0.1, 0.15) is 41.3 Å². The number of aromatic nitrogens is 2. The van der Waals surface area contributed by atoms with Gasteiger partial charge in [0, 0.05) is 23.5 Å². The third-order valence-electron chi connectivity index (χ3n) is 4.42. The minimum Gasteiger partial charge on any atom is -0.316 e. The molecular formula is C18H23N3. The summed E-state index contributed by atoms with van der Waals surface area (Å²) in [5.41, 5.74) is 5.98. The van der Waals surface area contributed by atoms with Crippen LogP contribution in [0, 0.1) is 20.8 Å². The van der Waals surface area contributed by atoms with Gasteiger partial charge in [-0.25, -0.2) is 9.97 Å². The van der Waals surface area contributed by atoms with Crippen LogP contribution in [0.3, 0.4) is 0 Å². The molecule has 0 bridgehead atoms. The Kier molecular flexibility index (Phi) is 4.02. The molecule has 0 radical (unpaired) electrons. The van der Waals surface area contributed by atoms with Crippen LogP contribution in [0.5, 0.6) is 0 Å². The van der Waals surface area contributed by atoms with Crippen LogP contribution in [0.2, 0.25) is 0 Å². The van der Waals surface area contributed by atoms with Gasteiger partial charge in [0.2, 0.25) is 0 Å². The Morgan fingerprint density at radius 2 is 1.76 bits per heavy atom. The number of hydrogen-bond acceptors (Lipinski definition) is 3. The van der Waals surface area contributed by atoms with E-state index in [1.165, 1.54) is 24.0 Å². The van der Waals surface area contributed by atoms with Gasteiger partial charge in [-0.05, 0) is 57.2 Å². The first-order valence-corrected chi connectivity index (χ1v) is 7.78. The van der Waals surface area contributed by atoms with Gasteiger partial charge < -0.3 is 5.32 Å². The van der Waals surface area contributed by atoms with E-state index in [1.54, 1.807) is 0 Å². The molecule has 1 fully saturated rings. The monoisotopic (exact) mass is 281 g/mol. The fourth-order valence-corrected chi connectivity index (χ4v) is 3.36. The van der Waals surface area contributed by atoms with Gasteiger partial charge in [0.05, 0.1) is 0 Å². The van der Waals surface area contributed by atoms with Gasteiger partial charge in [-0.3, -0.25) is 0 Å². The molecule has 1 aliphatic heterocycles. The van der Waals surface area contributed by atoms with E-state index < -0.39 is 0 Å². The molecule has 110 valence electrons. The van der Waals surface area contributed by atoms with Crippen LogP contribution in [0.25, 0.3) is 11.4 Å². The maximum atomic E-state index is 4.80. The SMILES string of the molecule is Cc1ccccc1-c1nc(C)c(C2CCCNC2)c(C)n1. The summed E-state index contributed by atoms with van der Waals surface area (Å²) in [7, 11) is 0. The van der Waals surface area contributed by atoms with Crippen molar-refractivity contribution in [2.45, 2.75) is 39.5 Å². The highest BCUT2D eigenvalue weighted by atomic mass is 14.9. The number of nitrogens with zero attached hydrogens (tertiary/aromatic N) is 2. The molecule has 1 N–H and O–H groups in total.